The molecule has 1 aromatic carbocycles. The molecule has 1 fully saturated rings. The number of hydrogen-bond acceptors (Lipinski definition) is 3. The monoisotopic (exact) mass is 400 g/mol. The minimum absolute atomic E-state index is 0. The largest absolute Gasteiger partial charge is 0.356 e. The van der Waals surface area contributed by atoms with E-state index in [1.54, 1.807) is 0 Å². The number of carbonyl (C=O) groups excluding carboxylic acids is 1. The number of nitrogens with zero attached hydrogens (tertiary/aromatic N) is 2. The average Bonchev–Trinajstić information content (AvgIpc) is 3.03. The predicted octanol–water partition coefficient (Wildman–Crippen LogP) is 3.41. The van der Waals surface area contributed by atoms with Crippen LogP contribution < -0.4 is 10.6 Å². The number of fused-ring (bicyclic) bond motifs is 1. The van der Waals surface area contributed by atoms with Crippen molar-refractivity contribution in [3.63, 3.8) is 0 Å². The molecule has 2 aromatic rings. The predicted molar refractivity (Wildman–Crippen MR) is 111 cm³/mol. The third-order valence-corrected chi connectivity index (χ3v) is 5.12. The Morgan fingerprint density at radius 1 is 1.31 bits per heavy atom. The zero-order valence-corrected chi connectivity index (χ0v) is 17.0. The van der Waals surface area contributed by atoms with Crippen LogP contribution in [0.4, 0.5) is 0 Å². The summed E-state index contributed by atoms with van der Waals surface area (Å²) in [5.41, 5.74) is 2.18. The molecule has 1 saturated heterocycles. The normalized spacial score (nSPS) is 15.7. The summed E-state index contributed by atoms with van der Waals surface area (Å²) in [6.07, 6.45) is 5.85. The molecule has 2 heterocycles. The van der Waals surface area contributed by atoms with Gasteiger partial charge in [0.1, 0.15) is 0 Å². The van der Waals surface area contributed by atoms with Crippen molar-refractivity contribution in [2.24, 2.45) is 11.8 Å². The fourth-order valence-corrected chi connectivity index (χ4v) is 3.61. The molecule has 0 spiro atoms. The van der Waals surface area contributed by atoms with E-state index in [0.717, 1.165) is 43.6 Å². The van der Waals surface area contributed by atoms with E-state index in [1.807, 2.05) is 24.5 Å². The highest BCUT2D eigenvalue weighted by molar-refractivity contribution is 5.85. The lowest BCUT2D eigenvalue weighted by molar-refractivity contribution is -0.122. The molecule has 1 unspecified atom stereocenters. The molecule has 1 amide bonds. The fraction of sp³-hybridized carbons (Fsp3) is 0.579. The second-order valence-corrected chi connectivity index (χ2v) is 6.90. The maximum absolute atomic E-state index is 12.1. The summed E-state index contributed by atoms with van der Waals surface area (Å²) >= 11 is 0. The summed E-state index contributed by atoms with van der Waals surface area (Å²) in [6.45, 7) is 6.01. The van der Waals surface area contributed by atoms with Crippen molar-refractivity contribution in [2.45, 2.75) is 39.2 Å². The molecule has 0 radical (unpaired) electrons. The van der Waals surface area contributed by atoms with E-state index in [9.17, 15) is 4.79 Å². The van der Waals surface area contributed by atoms with Crippen LogP contribution in [0.5, 0.6) is 0 Å². The lowest BCUT2D eigenvalue weighted by atomic mass is 9.84. The van der Waals surface area contributed by atoms with E-state index in [4.69, 9.17) is 0 Å². The van der Waals surface area contributed by atoms with Crippen LogP contribution in [0.2, 0.25) is 0 Å². The fourth-order valence-electron chi connectivity index (χ4n) is 3.61. The van der Waals surface area contributed by atoms with Gasteiger partial charge >= 0.3 is 0 Å². The molecule has 0 aliphatic carbocycles. The van der Waals surface area contributed by atoms with E-state index in [2.05, 4.69) is 33.2 Å². The lowest BCUT2D eigenvalue weighted by Crippen LogP contribution is -2.33. The molecule has 146 valence electrons. The summed E-state index contributed by atoms with van der Waals surface area (Å²) in [5, 5.41) is 6.46. The van der Waals surface area contributed by atoms with Gasteiger partial charge in [-0.15, -0.1) is 24.8 Å². The first-order valence-corrected chi connectivity index (χ1v) is 9.11. The minimum atomic E-state index is 0. The maximum Gasteiger partial charge on any atom is 0.220 e. The van der Waals surface area contributed by atoms with Crippen LogP contribution >= 0.6 is 24.8 Å². The Labute approximate surface area is 168 Å². The van der Waals surface area contributed by atoms with E-state index in [-0.39, 0.29) is 30.7 Å². The minimum Gasteiger partial charge on any atom is -0.356 e. The van der Waals surface area contributed by atoms with Crippen LogP contribution in [0.3, 0.4) is 0 Å². The summed E-state index contributed by atoms with van der Waals surface area (Å²) in [5.74, 6) is 1.36. The van der Waals surface area contributed by atoms with E-state index in [0.29, 0.717) is 18.3 Å². The SMILES string of the molecule is CC(CC(=O)NCCCn1cnc2ccccc21)C1CCNCC1.Cl.Cl. The van der Waals surface area contributed by atoms with Crippen LogP contribution in [-0.2, 0) is 11.3 Å². The third kappa shape index (κ3) is 6.15. The number of hydrogen-bond donors (Lipinski definition) is 2. The van der Waals surface area contributed by atoms with E-state index >= 15 is 0 Å². The zero-order chi connectivity index (χ0) is 16.8. The first-order chi connectivity index (χ1) is 11.7. The van der Waals surface area contributed by atoms with Crippen LogP contribution in [0, 0.1) is 11.8 Å². The van der Waals surface area contributed by atoms with Gasteiger partial charge in [-0.3, -0.25) is 4.79 Å². The number of aryl methyl sites for hydroxylation is 1. The molecule has 3 rings (SSSR count). The van der Waals surface area contributed by atoms with Crippen LogP contribution in [0.1, 0.15) is 32.6 Å². The Hall–Kier alpha value is -1.30. The molecule has 1 aliphatic rings. The molecule has 7 heteroatoms. The van der Waals surface area contributed by atoms with Gasteiger partial charge in [0, 0.05) is 19.5 Å². The Bertz CT molecular complexity index is 670. The molecule has 0 saturated carbocycles. The van der Waals surface area contributed by atoms with Crippen molar-refractivity contribution in [3.05, 3.63) is 30.6 Å². The van der Waals surface area contributed by atoms with Gasteiger partial charge in [0.2, 0.25) is 5.91 Å². The van der Waals surface area contributed by atoms with Crippen LogP contribution in [0.15, 0.2) is 30.6 Å². The van der Waals surface area contributed by atoms with Crippen LogP contribution in [0.25, 0.3) is 11.0 Å². The molecular formula is C19H30Cl2N4O. The van der Waals surface area contributed by atoms with Gasteiger partial charge < -0.3 is 15.2 Å². The molecular weight excluding hydrogens is 371 g/mol. The number of benzene rings is 1. The average molecular weight is 401 g/mol. The number of nitrogens with one attached hydrogen (secondary N) is 2. The van der Waals surface area contributed by atoms with Crippen molar-refractivity contribution in [2.75, 3.05) is 19.6 Å². The summed E-state index contributed by atoms with van der Waals surface area (Å²) in [4.78, 5) is 16.5. The molecule has 26 heavy (non-hydrogen) atoms. The van der Waals surface area contributed by atoms with Gasteiger partial charge in [-0.1, -0.05) is 19.1 Å². The van der Waals surface area contributed by atoms with Crippen LogP contribution in [-0.4, -0.2) is 35.1 Å². The number of amides is 1. The lowest BCUT2D eigenvalue weighted by Gasteiger charge is -2.27. The maximum atomic E-state index is 12.1. The van der Waals surface area contributed by atoms with Crippen molar-refractivity contribution in [1.29, 1.82) is 0 Å². The van der Waals surface area contributed by atoms with Crippen molar-refractivity contribution in [1.82, 2.24) is 20.2 Å². The standard InChI is InChI=1S/C19H28N4O.2ClH/c1-15(16-7-10-20-11-8-16)13-19(24)21-9-4-12-23-14-22-17-5-2-3-6-18(17)23;;/h2-3,5-6,14-16,20H,4,7-13H2,1H3,(H,21,24);2*1H. The number of rotatable bonds is 7. The second kappa shape index (κ2) is 11.4. The van der Waals surface area contributed by atoms with Gasteiger partial charge in [0.05, 0.1) is 17.4 Å². The highest BCUT2D eigenvalue weighted by Gasteiger charge is 2.21. The molecule has 1 atom stereocenters. The highest BCUT2D eigenvalue weighted by Crippen LogP contribution is 2.24. The number of carbonyl (C=O) groups is 1. The summed E-state index contributed by atoms with van der Waals surface area (Å²) in [6, 6.07) is 8.14. The Morgan fingerprint density at radius 2 is 2.04 bits per heavy atom. The summed E-state index contributed by atoms with van der Waals surface area (Å²) in [7, 11) is 0. The molecule has 1 aliphatic heterocycles. The van der Waals surface area contributed by atoms with Gasteiger partial charge in [-0.05, 0) is 56.3 Å². The first kappa shape index (κ1) is 22.7. The Balaban J connectivity index is 0.00000169. The molecule has 1 aromatic heterocycles. The van der Waals surface area contributed by atoms with Crippen molar-refractivity contribution >= 4 is 41.8 Å². The molecule has 2 N–H and O–H groups in total. The zero-order valence-electron chi connectivity index (χ0n) is 15.3. The molecule has 5 nitrogen and oxygen atoms in total. The van der Waals surface area contributed by atoms with Crippen molar-refractivity contribution < 1.29 is 4.79 Å². The Kier molecular flexibility index (Phi) is 9.99. The smallest absolute Gasteiger partial charge is 0.220 e. The summed E-state index contributed by atoms with van der Waals surface area (Å²) < 4.78 is 2.15. The quantitative estimate of drug-likeness (QED) is 0.699. The highest BCUT2D eigenvalue weighted by atomic mass is 35.5. The van der Waals surface area contributed by atoms with Gasteiger partial charge in [-0.25, -0.2) is 4.98 Å². The number of para-hydroxylation sites is 2. The third-order valence-electron chi connectivity index (χ3n) is 5.12. The Morgan fingerprint density at radius 3 is 2.81 bits per heavy atom. The van der Waals surface area contributed by atoms with E-state index in [1.165, 1.54) is 12.8 Å². The number of imidazole rings is 1. The van der Waals surface area contributed by atoms with Gasteiger partial charge in [-0.2, -0.15) is 0 Å². The van der Waals surface area contributed by atoms with Gasteiger partial charge in [0.25, 0.3) is 0 Å². The first-order valence-electron chi connectivity index (χ1n) is 9.11. The second-order valence-electron chi connectivity index (χ2n) is 6.90. The molecule has 0 bridgehead atoms. The van der Waals surface area contributed by atoms with Crippen molar-refractivity contribution in [3.8, 4) is 0 Å². The topological polar surface area (TPSA) is 59.0 Å². The number of halogens is 2. The number of aromatic nitrogens is 2. The van der Waals surface area contributed by atoms with Gasteiger partial charge in [0.15, 0.2) is 0 Å². The van der Waals surface area contributed by atoms with E-state index < -0.39 is 0 Å². The number of piperidine rings is 1.